The summed E-state index contributed by atoms with van der Waals surface area (Å²) in [7, 11) is 0. The van der Waals surface area contributed by atoms with Crippen LogP contribution in [-0.2, 0) is 21.1 Å². The van der Waals surface area contributed by atoms with Crippen LogP contribution in [0.2, 0.25) is 0 Å². The summed E-state index contributed by atoms with van der Waals surface area (Å²) in [5.74, 6) is 1.80. The van der Waals surface area contributed by atoms with E-state index >= 15 is 0 Å². The Morgan fingerprint density at radius 1 is 0.815 bits per heavy atom. The maximum atomic E-state index is 12.9. The summed E-state index contributed by atoms with van der Waals surface area (Å²) >= 11 is 0. The Hall–Kier alpha value is -2.92. The second-order valence-corrected chi connectivity index (χ2v) is 5.62. The van der Waals surface area contributed by atoms with Gasteiger partial charge in [0.15, 0.2) is 0 Å². The normalized spacial score (nSPS) is 10.4. The molecule has 0 fully saturated rings. The van der Waals surface area contributed by atoms with Gasteiger partial charge in [0.2, 0.25) is 0 Å². The summed E-state index contributed by atoms with van der Waals surface area (Å²) in [6, 6.07) is 20.4. The summed E-state index contributed by atoms with van der Waals surface area (Å²) in [6.45, 7) is 3.44. The minimum Gasteiger partial charge on any atom is -0.261 e. The molecule has 0 aliphatic heterocycles. The molecule has 0 spiro atoms. The first-order valence-corrected chi connectivity index (χ1v) is 7.99. The molecule has 0 aliphatic rings. The Labute approximate surface area is 170 Å². The van der Waals surface area contributed by atoms with Crippen molar-refractivity contribution in [1.29, 1.82) is 0 Å². The molecule has 0 atom stereocenters. The third-order valence-corrected chi connectivity index (χ3v) is 3.80. The van der Waals surface area contributed by atoms with E-state index in [9.17, 15) is 4.79 Å². The van der Waals surface area contributed by atoms with Gasteiger partial charge in [-0.25, -0.2) is 4.79 Å². The molecule has 2 aromatic carbocycles. The first-order valence-electron chi connectivity index (χ1n) is 7.99. The van der Waals surface area contributed by atoms with Crippen LogP contribution in [0.3, 0.4) is 0 Å². The first kappa shape index (κ1) is 18.9. The van der Waals surface area contributed by atoms with Gasteiger partial charge in [-0.05, 0) is 13.8 Å². The van der Waals surface area contributed by atoms with Gasteiger partial charge in [-0.3, -0.25) is 9.97 Å². The maximum Gasteiger partial charge on any atom is 2.00 e. The van der Waals surface area contributed by atoms with E-state index in [0.29, 0.717) is 23.3 Å². The Morgan fingerprint density at radius 2 is 1.26 bits per heavy atom. The van der Waals surface area contributed by atoms with Crippen LogP contribution in [0.4, 0.5) is 4.79 Å². The molecule has 7 nitrogen and oxygen atoms in total. The standard InChI is InChI=1S/C19H14N6O.Pt/c1-13-20-17(15-9-5-3-6-10-15)22-24(13)19(26)25-14(2)21-18(23-25)16-11-7-4-8-12-16;/h3-9,11H,1-2H3;/q-2;+2. The van der Waals surface area contributed by atoms with Gasteiger partial charge in [0.05, 0.1) is 11.6 Å². The van der Waals surface area contributed by atoms with Crippen LogP contribution in [0.25, 0.3) is 22.8 Å². The molecule has 0 saturated carbocycles. The number of benzene rings is 2. The average Bonchev–Trinajstić information content (AvgIpc) is 3.26. The monoisotopic (exact) mass is 537 g/mol. The van der Waals surface area contributed by atoms with Gasteiger partial charge < -0.3 is 0 Å². The van der Waals surface area contributed by atoms with E-state index in [-0.39, 0.29) is 21.1 Å². The fourth-order valence-electron chi connectivity index (χ4n) is 2.53. The predicted molar refractivity (Wildman–Crippen MR) is 94.3 cm³/mol. The van der Waals surface area contributed by atoms with Gasteiger partial charge in [0.25, 0.3) is 0 Å². The zero-order chi connectivity index (χ0) is 18.1. The molecule has 0 bridgehead atoms. The molecule has 0 N–H and O–H groups in total. The Bertz CT molecular complexity index is 987. The van der Waals surface area contributed by atoms with Crippen molar-refractivity contribution < 1.29 is 25.9 Å². The number of carbonyl (C=O) groups excluding carboxylic acids is 1. The van der Waals surface area contributed by atoms with Crippen molar-refractivity contribution in [1.82, 2.24) is 29.5 Å². The zero-order valence-corrected chi connectivity index (χ0v) is 16.8. The van der Waals surface area contributed by atoms with E-state index in [1.54, 1.807) is 26.0 Å². The topological polar surface area (TPSA) is 78.5 Å². The number of carbonyl (C=O) groups is 1. The molecule has 2 aromatic heterocycles. The van der Waals surface area contributed by atoms with Crippen LogP contribution >= 0.6 is 0 Å². The fourth-order valence-corrected chi connectivity index (χ4v) is 2.53. The second-order valence-electron chi connectivity index (χ2n) is 5.62. The molecule has 0 radical (unpaired) electrons. The van der Waals surface area contributed by atoms with Crippen molar-refractivity contribution in [2.24, 2.45) is 0 Å². The van der Waals surface area contributed by atoms with E-state index in [1.165, 1.54) is 9.36 Å². The van der Waals surface area contributed by atoms with Crippen LogP contribution < -0.4 is 0 Å². The fraction of sp³-hybridized carbons (Fsp3) is 0.105. The van der Waals surface area contributed by atoms with Crippen molar-refractivity contribution in [3.63, 3.8) is 0 Å². The van der Waals surface area contributed by atoms with E-state index in [1.807, 2.05) is 36.4 Å². The molecule has 4 aromatic rings. The predicted octanol–water partition coefficient (Wildman–Crippen LogP) is 2.93. The number of hydrogen-bond donors (Lipinski definition) is 0. The molecule has 0 saturated heterocycles. The Kier molecular flexibility index (Phi) is 5.42. The minimum absolute atomic E-state index is 0. The van der Waals surface area contributed by atoms with Crippen LogP contribution in [-0.4, -0.2) is 35.6 Å². The number of hydrogen-bond acceptors (Lipinski definition) is 5. The Balaban J connectivity index is 0.00000210. The molecular formula is C19H14N6OPt. The van der Waals surface area contributed by atoms with Crippen molar-refractivity contribution >= 4 is 6.03 Å². The third-order valence-electron chi connectivity index (χ3n) is 3.80. The SMILES string of the molecule is Cc1nc(-c2[c-]cccc2)nn1C(=O)n1nc(-c2[c-]cccc2)nc1C.[Pt+2]. The van der Waals surface area contributed by atoms with E-state index < -0.39 is 6.03 Å². The quantitative estimate of drug-likeness (QED) is 0.368. The summed E-state index contributed by atoms with van der Waals surface area (Å²) in [6.07, 6.45) is 0. The van der Waals surface area contributed by atoms with Crippen LogP contribution in [0.15, 0.2) is 48.5 Å². The number of nitrogens with zero attached hydrogens (tertiary/aromatic N) is 6. The minimum atomic E-state index is -0.440. The van der Waals surface area contributed by atoms with Crippen LogP contribution in [0.1, 0.15) is 11.6 Å². The first-order chi connectivity index (χ1) is 12.6. The van der Waals surface area contributed by atoms with Gasteiger partial charge in [-0.2, -0.15) is 19.6 Å². The number of aryl methyl sites for hydroxylation is 2. The number of rotatable bonds is 2. The summed E-state index contributed by atoms with van der Waals surface area (Å²) in [5.41, 5.74) is 1.44. The molecule has 0 unspecified atom stereocenters. The third kappa shape index (κ3) is 3.64. The van der Waals surface area contributed by atoms with Gasteiger partial charge in [-0.15, -0.1) is 71.8 Å². The summed E-state index contributed by atoms with van der Waals surface area (Å²) in [4.78, 5) is 21.6. The zero-order valence-electron chi connectivity index (χ0n) is 14.5. The molecule has 27 heavy (non-hydrogen) atoms. The van der Waals surface area contributed by atoms with Crippen LogP contribution in [0, 0.1) is 26.0 Å². The molecule has 136 valence electrons. The molecule has 0 aliphatic carbocycles. The summed E-state index contributed by atoms with van der Waals surface area (Å²) in [5, 5.41) is 8.62. The van der Waals surface area contributed by atoms with Crippen molar-refractivity contribution in [3.05, 3.63) is 72.3 Å². The van der Waals surface area contributed by atoms with Gasteiger partial charge >= 0.3 is 27.1 Å². The maximum absolute atomic E-state index is 12.9. The molecule has 8 heteroatoms. The van der Waals surface area contributed by atoms with Crippen molar-refractivity contribution in [2.45, 2.75) is 13.8 Å². The number of aromatic nitrogens is 6. The van der Waals surface area contributed by atoms with E-state index in [2.05, 4.69) is 32.3 Å². The smallest absolute Gasteiger partial charge is 0.261 e. The van der Waals surface area contributed by atoms with E-state index in [4.69, 9.17) is 0 Å². The molecule has 2 heterocycles. The molecule has 4 rings (SSSR count). The van der Waals surface area contributed by atoms with Gasteiger partial charge in [0, 0.05) is 0 Å². The van der Waals surface area contributed by atoms with Gasteiger partial charge in [0.1, 0.15) is 11.6 Å². The molecule has 0 amide bonds. The largest absolute Gasteiger partial charge is 2.00 e. The second kappa shape index (κ2) is 7.76. The molecular weight excluding hydrogens is 523 g/mol. The Morgan fingerprint density at radius 3 is 1.63 bits per heavy atom. The van der Waals surface area contributed by atoms with Crippen molar-refractivity contribution in [2.75, 3.05) is 0 Å². The van der Waals surface area contributed by atoms with Gasteiger partial charge in [-0.1, -0.05) is 0 Å². The van der Waals surface area contributed by atoms with Crippen molar-refractivity contribution in [3.8, 4) is 22.8 Å². The van der Waals surface area contributed by atoms with E-state index in [0.717, 1.165) is 11.1 Å². The van der Waals surface area contributed by atoms with Crippen LogP contribution in [0.5, 0.6) is 0 Å². The average molecular weight is 537 g/mol. The summed E-state index contributed by atoms with van der Waals surface area (Å²) < 4.78 is 2.44.